The van der Waals surface area contributed by atoms with Crippen molar-refractivity contribution in [1.82, 2.24) is 29.5 Å². The molecule has 4 aromatic rings. The minimum Gasteiger partial charge on any atom is -0.493 e. The molecule has 0 unspecified atom stereocenters. The molecule has 1 aliphatic rings. The van der Waals surface area contributed by atoms with Gasteiger partial charge in [-0.3, -0.25) is 4.98 Å². The summed E-state index contributed by atoms with van der Waals surface area (Å²) in [6.07, 6.45) is -0.133. The predicted molar refractivity (Wildman–Crippen MR) is 103 cm³/mol. The van der Waals surface area contributed by atoms with Crippen LogP contribution in [0.25, 0.3) is 23.1 Å². The summed E-state index contributed by atoms with van der Waals surface area (Å²) in [5.74, 6) is -0.649. The Morgan fingerprint density at radius 2 is 2.06 bits per heavy atom. The standard InChI is InChI=1S/C19H14F3N7O3/c20-19(21,22)32-12-3-1-2-9(6-12)14-26-15-10(7-13-16(30)28-18(31)25-13)8-23-29(15)17(27-14)24-11-4-5-11/h1-3,6-8,11,30H,4-5H2,(H2,25,28,31). The minimum absolute atomic E-state index is 0.0857. The number of rotatable bonds is 4. The number of imidazole rings is 1. The van der Waals surface area contributed by atoms with Crippen molar-refractivity contribution in [3.8, 4) is 23.0 Å². The first kappa shape index (κ1) is 19.8. The van der Waals surface area contributed by atoms with E-state index in [1.165, 1.54) is 35.0 Å². The van der Waals surface area contributed by atoms with E-state index in [-0.39, 0.29) is 40.3 Å². The predicted octanol–water partition coefficient (Wildman–Crippen LogP) is 1.02. The normalized spacial score (nSPS) is 15.6. The van der Waals surface area contributed by atoms with Crippen LogP contribution in [0.2, 0.25) is 0 Å². The van der Waals surface area contributed by atoms with Crippen LogP contribution in [0.3, 0.4) is 0 Å². The number of hydrogen-bond acceptors (Lipinski definition) is 7. The fourth-order valence-electron chi connectivity index (χ4n) is 3.04. The molecule has 0 bridgehead atoms. The Balaban J connectivity index is 1.70. The third kappa shape index (κ3) is 4.04. The highest BCUT2D eigenvalue weighted by Crippen LogP contribution is 2.26. The minimum atomic E-state index is -4.83. The summed E-state index contributed by atoms with van der Waals surface area (Å²) >= 11 is 0. The number of aromatic nitrogens is 6. The summed E-state index contributed by atoms with van der Waals surface area (Å²) in [4.78, 5) is 29.4. The van der Waals surface area contributed by atoms with E-state index >= 15 is 0 Å². The molecule has 1 aromatic carbocycles. The molecule has 10 nitrogen and oxygen atoms in total. The molecular formula is C19H14F3N7O3. The first-order chi connectivity index (χ1) is 15.2. The average molecular weight is 445 g/mol. The van der Waals surface area contributed by atoms with Gasteiger partial charge >= 0.3 is 12.1 Å². The number of ether oxygens (including phenoxy) is 1. The molecule has 0 spiro atoms. The largest absolute Gasteiger partial charge is 0.573 e. The molecule has 0 atom stereocenters. The van der Waals surface area contributed by atoms with E-state index in [0.717, 1.165) is 12.8 Å². The Morgan fingerprint density at radius 1 is 1.25 bits per heavy atom. The van der Waals surface area contributed by atoms with E-state index in [0.29, 0.717) is 5.22 Å². The van der Waals surface area contributed by atoms with Gasteiger partial charge in [-0.25, -0.2) is 14.8 Å². The highest BCUT2D eigenvalue weighted by Gasteiger charge is 2.31. The van der Waals surface area contributed by atoms with E-state index in [1.807, 2.05) is 0 Å². The number of aromatic amines is 2. The van der Waals surface area contributed by atoms with Crippen LogP contribution >= 0.6 is 0 Å². The Morgan fingerprint density at radius 3 is 2.75 bits per heavy atom. The summed E-state index contributed by atoms with van der Waals surface area (Å²) in [6.45, 7) is 0. The summed E-state index contributed by atoms with van der Waals surface area (Å²) in [5, 5.41) is 14.5. The number of benzene rings is 1. The van der Waals surface area contributed by atoms with Crippen LogP contribution in [-0.2, 0) is 0 Å². The highest BCUT2D eigenvalue weighted by molar-refractivity contribution is 5.61. The summed E-state index contributed by atoms with van der Waals surface area (Å²) < 4.78 is 43.2. The van der Waals surface area contributed by atoms with Gasteiger partial charge in [-0.2, -0.15) is 14.6 Å². The number of halogens is 3. The molecule has 13 heteroatoms. The molecule has 1 saturated carbocycles. The zero-order valence-electron chi connectivity index (χ0n) is 16.1. The fourth-order valence-corrected chi connectivity index (χ4v) is 3.04. The van der Waals surface area contributed by atoms with Crippen LogP contribution in [0.4, 0.5) is 13.2 Å². The summed E-state index contributed by atoms with van der Waals surface area (Å²) in [7, 11) is 0. The van der Waals surface area contributed by atoms with Gasteiger partial charge in [0, 0.05) is 10.8 Å². The van der Waals surface area contributed by atoms with Gasteiger partial charge in [-0.05, 0) is 31.1 Å². The molecule has 3 heterocycles. The molecular weight excluding hydrogens is 431 g/mol. The molecule has 0 amide bonds. The molecule has 3 N–H and O–H groups in total. The Kier molecular flexibility index (Phi) is 4.46. The van der Waals surface area contributed by atoms with Crippen molar-refractivity contribution in [3.63, 3.8) is 0 Å². The maximum absolute atomic E-state index is 12.6. The third-order valence-electron chi connectivity index (χ3n) is 4.58. The van der Waals surface area contributed by atoms with Crippen molar-refractivity contribution in [2.75, 3.05) is 0 Å². The maximum atomic E-state index is 12.6. The lowest BCUT2D eigenvalue weighted by Crippen LogP contribution is -2.23. The van der Waals surface area contributed by atoms with Gasteiger partial charge in [0.1, 0.15) is 11.4 Å². The van der Waals surface area contributed by atoms with Crippen LogP contribution in [0.5, 0.6) is 11.6 Å². The molecule has 1 aliphatic carbocycles. The first-order valence-electron chi connectivity index (χ1n) is 9.44. The number of nitrogens with one attached hydrogen (secondary N) is 2. The molecule has 0 saturated heterocycles. The van der Waals surface area contributed by atoms with Crippen LogP contribution in [0, 0.1) is 0 Å². The van der Waals surface area contributed by atoms with E-state index in [2.05, 4.69) is 34.8 Å². The summed E-state index contributed by atoms with van der Waals surface area (Å²) in [6, 6.07) is 5.38. The Bertz CT molecular complexity index is 1500. The second-order valence-corrected chi connectivity index (χ2v) is 7.10. The van der Waals surface area contributed by atoms with Crippen LogP contribution in [0.15, 0.2) is 40.2 Å². The van der Waals surface area contributed by atoms with Crippen molar-refractivity contribution in [1.29, 1.82) is 0 Å². The second-order valence-electron chi connectivity index (χ2n) is 7.10. The van der Waals surface area contributed by atoms with E-state index < -0.39 is 17.8 Å². The second kappa shape index (κ2) is 7.21. The number of nitrogens with zero attached hydrogens (tertiary/aromatic N) is 5. The number of aromatic hydroxyl groups is 1. The quantitative estimate of drug-likeness (QED) is 0.430. The SMILES string of the molecule is O=c1[nH]c(O)c(C=c2cnn3c(=NC4CC4)nc(-c4cccc(OC(F)(F)F)c4)nc23)[nH]1. The molecule has 0 aliphatic heterocycles. The average Bonchev–Trinajstić information content (AvgIpc) is 3.35. The smallest absolute Gasteiger partial charge is 0.493 e. The molecule has 3 aromatic heterocycles. The van der Waals surface area contributed by atoms with Crippen molar-refractivity contribution >= 4 is 11.7 Å². The van der Waals surface area contributed by atoms with E-state index in [4.69, 9.17) is 0 Å². The van der Waals surface area contributed by atoms with E-state index in [9.17, 15) is 23.1 Å². The van der Waals surface area contributed by atoms with Gasteiger partial charge in [0.05, 0.1) is 12.2 Å². The first-order valence-corrected chi connectivity index (χ1v) is 9.44. The molecule has 0 radical (unpaired) electrons. The zero-order valence-corrected chi connectivity index (χ0v) is 16.1. The van der Waals surface area contributed by atoms with Crippen LogP contribution in [-0.4, -0.2) is 47.1 Å². The van der Waals surface area contributed by atoms with Crippen molar-refractivity contribution < 1.29 is 23.0 Å². The number of H-pyrrole nitrogens is 2. The zero-order chi connectivity index (χ0) is 22.5. The lowest BCUT2D eigenvalue weighted by molar-refractivity contribution is -0.274. The topological polar surface area (TPSA) is 134 Å². The van der Waals surface area contributed by atoms with Gasteiger partial charge in [0.2, 0.25) is 11.5 Å². The molecule has 1 fully saturated rings. The number of hydrogen-bond donors (Lipinski definition) is 3. The fraction of sp³-hybridized carbons (Fsp3) is 0.211. The third-order valence-corrected chi connectivity index (χ3v) is 4.58. The lowest BCUT2D eigenvalue weighted by atomic mass is 10.2. The van der Waals surface area contributed by atoms with Gasteiger partial charge in [0.25, 0.3) is 0 Å². The molecule has 5 rings (SSSR count). The van der Waals surface area contributed by atoms with Gasteiger partial charge < -0.3 is 14.8 Å². The van der Waals surface area contributed by atoms with Gasteiger partial charge in [-0.15, -0.1) is 13.2 Å². The number of alkyl halides is 3. The molecule has 164 valence electrons. The van der Waals surface area contributed by atoms with Crippen LogP contribution in [0.1, 0.15) is 18.5 Å². The molecule has 32 heavy (non-hydrogen) atoms. The van der Waals surface area contributed by atoms with Gasteiger partial charge in [0.15, 0.2) is 11.5 Å². The highest BCUT2D eigenvalue weighted by atomic mass is 19.4. The van der Waals surface area contributed by atoms with Crippen LogP contribution < -0.4 is 21.3 Å². The van der Waals surface area contributed by atoms with Gasteiger partial charge in [-0.1, -0.05) is 12.1 Å². The lowest BCUT2D eigenvalue weighted by Gasteiger charge is -2.09. The van der Waals surface area contributed by atoms with Crippen molar-refractivity contribution in [3.05, 3.63) is 57.5 Å². The summed E-state index contributed by atoms with van der Waals surface area (Å²) in [5.41, 5.74) is 0.336. The maximum Gasteiger partial charge on any atom is 0.573 e. The number of fused-ring (bicyclic) bond motifs is 1. The monoisotopic (exact) mass is 445 g/mol. The van der Waals surface area contributed by atoms with E-state index in [1.54, 1.807) is 6.07 Å². The Labute approximate surface area is 175 Å². The Hall–Kier alpha value is -4.16. The van der Waals surface area contributed by atoms with Crippen molar-refractivity contribution in [2.24, 2.45) is 4.99 Å². The van der Waals surface area contributed by atoms with Crippen molar-refractivity contribution in [2.45, 2.75) is 25.2 Å².